The fraction of sp³-hybridized carbons (Fsp3) is 0.200. The second-order valence-electron chi connectivity index (χ2n) is 2.60. The molecule has 0 aliphatic carbocycles. The van der Waals surface area contributed by atoms with Crippen molar-refractivity contribution < 1.29 is 4.74 Å². The van der Waals surface area contributed by atoms with Crippen molar-refractivity contribution in [2.75, 3.05) is 6.61 Å². The third-order valence-corrected chi connectivity index (χ3v) is 1.72. The summed E-state index contributed by atoms with van der Waals surface area (Å²) in [6.45, 7) is 2.62. The lowest BCUT2D eigenvalue weighted by atomic mass is 10.2. The van der Waals surface area contributed by atoms with Gasteiger partial charge in [0.2, 0.25) is 0 Å². The summed E-state index contributed by atoms with van der Waals surface area (Å²) in [6.07, 6.45) is 4.35. The van der Waals surface area contributed by atoms with E-state index in [-0.39, 0.29) is 0 Å². The molecule has 1 aromatic heterocycles. The topological polar surface area (TPSA) is 35.0 Å². The monoisotopic (exact) mass is 173 g/mol. The predicted octanol–water partition coefficient (Wildman–Crippen LogP) is 1.83. The van der Waals surface area contributed by atoms with E-state index in [1.54, 1.807) is 0 Å². The van der Waals surface area contributed by atoms with Gasteiger partial charge in [0.15, 0.2) is 0 Å². The van der Waals surface area contributed by atoms with Crippen LogP contribution in [0.1, 0.15) is 6.92 Å². The van der Waals surface area contributed by atoms with Gasteiger partial charge in [-0.05, 0) is 25.1 Å². The fourth-order valence-corrected chi connectivity index (χ4v) is 1.16. The molecule has 0 aliphatic rings. The summed E-state index contributed by atoms with van der Waals surface area (Å²) in [5, 5.41) is 0.883. The highest BCUT2D eigenvalue weighted by Crippen LogP contribution is 2.17. The van der Waals surface area contributed by atoms with Gasteiger partial charge < -0.3 is 4.74 Å². The Morgan fingerprint density at radius 2 is 2.38 bits per heavy atom. The molecular formula is C10H9N2O. The van der Waals surface area contributed by atoms with Crippen LogP contribution in [-0.2, 0) is 0 Å². The van der Waals surface area contributed by atoms with Crippen molar-refractivity contribution >= 4 is 10.9 Å². The normalized spacial score (nSPS) is 10.2. The number of benzene rings is 1. The molecule has 2 aromatic rings. The zero-order valence-corrected chi connectivity index (χ0v) is 7.32. The average Bonchev–Trinajstić information content (AvgIpc) is 2.18. The first-order valence-corrected chi connectivity index (χ1v) is 4.15. The smallest absolute Gasteiger partial charge is 0.120 e. The van der Waals surface area contributed by atoms with Gasteiger partial charge in [-0.2, -0.15) is 0 Å². The highest BCUT2D eigenvalue weighted by atomic mass is 16.5. The molecule has 2 rings (SSSR count). The van der Waals surface area contributed by atoms with Crippen LogP contribution in [-0.4, -0.2) is 16.6 Å². The first kappa shape index (κ1) is 7.98. The Bertz CT molecular complexity index is 414. The highest BCUT2D eigenvalue weighted by molar-refractivity contribution is 5.78. The summed E-state index contributed by atoms with van der Waals surface area (Å²) < 4.78 is 5.34. The van der Waals surface area contributed by atoms with Crippen LogP contribution in [0.25, 0.3) is 10.9 Å². The molecule has 0 saturated heterocycles. The molecule has 13 heavy (non-hydrogen) atoms. The number of ether oxygens (including phenoxy) is 1. The van der Waals surface area contributed by atoms with E-state index in [0.717, 1.165) is 16.7 Å². The van der Waals surface area contributed by atoms with Gasteiger partial charge in [0.25, 0.3) is 0 Å². The number of fused-ring (bicyclic) bond motifs is 1. The number of hydrogen-bond donors (Lipinski definition) is 0. The Labute approximate surface area is 76.4 Å². The van der Waals surface area contributed by atoms with Gasteiger partial charge in [-0.3, -0.25) is 0 Å². The van der Waals surface area contributed by atoms with Crippen LogP contribution in [0.5, 0.6) is 5.75 Å². The maximum absolute atomic E-state index is 5.34. The van der Waals surface area contributed by atoms with Crippen molar-refractivity contribution in [3.05, 3.63) is 30.7 Å². The maximum atomic E-state index is 5.34. The van der Waals surface area contributed by atoms with Crippen molar-refractivity contribution in [2.24, 2.45) is 0 Å². The Morgan fingerprint density at radius 3 is 3.23 bits per heavy atom. The summed E-state index contributed by atoms with van der Waals surface area (Å²) in [7, 11) is 0. The molecule has 0 atom stereocenters. The largest absolute Gasteiger partial charge is 0.494 e. The molecule has 0 spiro atoms. The summed E-state index contributed by atoms with van der Waals surface area (Å²) in [6, 6.07) is 5.68. The van der Waals surface area contributed by atoms with Crippen molar-refractivity contribution in [3.8, 4) is 5.75 Å². The highest BCUT2D eigenvalue weighted by Gasteiger charge is 1.96. The molecule has 1 heterocycles. The summed E-state index contributed by atoms with van der Waals surface area (Å²) in [5.41, 5.74) is 0.887. The third kappa shape index (κ3) is 1.59. The lowest BCUT2D eigenvalue weighted by molar-refractivity contribution is 0.340. The quantitative estimate of drug-likeness (QED) is 0.694. The minimum absolute atomic E-state index is 0.666. The maximum Gasteiger partial charge on any atom is 0.120 e. The summed E-state index contributed by atoms with van der Waals surface area (Å²) in [5.74, 6) is 0.834. The molecule has 3 nitrogen and oxygen atoms in total. The average molecular weight is 173 g/mol. The van der Waals surface area contributed by atoms with Crippen LogP contribution in [0.2, 0.25) is 0 Å². The van der Waals surface area contributed by atoms with Gasteiger partial charge >= 0.3 is 0 Å². The Kier molecular flexibility index (Phi) is 2.08. The van der Waals surface area contributed by atoms with Gasteiger partial charge in [0.05, 0.1) is 12.1 Å². The van der Waals surface area contributed by atoms with Gasteiger partial charge in [-0.15, -0.1) is 0 Å². The zero-order chi connectivity index (χ0) is 9.10. The molecule has 1 aromatic carbocycles. The minimum atomic E-state index is 0.666. The molecular weight excluding hydrogens is 164 g/mol. The second kappa shape index (κ2) is 3.39. The first-order chi connectivity index (χ1) is 6.40. The molecule has 0 fully saturated rings. The van der Waals surface area contributed by atoms with E-state index < -0.39 is 0 Å². The van der Waals surface area contributed by atoms with Crippen molar-refractivity contribution in [1.29, 1.82) is 0 Å². The van der Waals surface area contributed by atoms with Crippen molar-refractivity contribution in [3.63, 3.8) is 0 Å². The van der Waals surface area contributed by atoms with Gasteiger partial charge in [-0.1, -0.05) is 0 Å². The van der Waals surface area contributed by atoms with Crippen LogP contribution in [0.3, 0.4) is 0 Å². The van der Waals surface area contributed by atoms with Crippen LogP contribution >= 0.6 is 0 Å². The molecule has 0 aliphatic heterocycles. The molecule has 1 radical (unpaired) electrons. The molecule has 0 saturated carbocycles. The van der Waals surface area contributed by atoms with Crippen LogP contribution in [0.15, 0.2) is 24.5 Å². The van der Waals surface area contributed by atoms with E-state index in [4.69, 9.17) is 4.74 Å². The van der Waals surface area contributed by atoms with Crippen LogP contribution < -0.4 is 4.74 Å². The van der Waals surface area contributed by atoms with E-state index in [9.17, 15) is 0 Å². The number of rotatable bonds is 2. The zero-order valence-electron chi connectivity index (χ0n) is 7.32. The standard InChI is InChI=1S/C10H9N2O/c1-2-13-9-3-4-10-8(5-9)6-11-7-12-10/h3-5,7H,2H2,1H3. The molecule has 0 amide bonds. The molecule has 65 valence electrons. The van der Waals surface area contributed by atoms with Crippen LogP contribution in [0.4, 0.5) is 0 Å². The Hall–Kier alpha value is -1.64. The summed E-state index contributed by atoms with van der Waals surface area (Å²) >= 11 is 0. The van der Waals surface area contributed by atoms with E-state index in [2.05, 4.69) is 16.2 Å². The Morgan fingerprint density at radius 1 is 1.46 bits per heavy atom. The summed E-state index contributed by atoms with van der Waals surface area (Å²) in [4.78, 5) is 7.91. The molecule has 3 heteroatoms. The van der Waals surface area contributed by atoms with Crippen LogP contribution in [0, 0.1) is 6.20 Å². The Balaban J connectivity index is 2.49. The van der Waals surface area contributed by atoms with Gasteiger partial charge in [-0.25, -0.2) is 9.97 Å². The predicted molar refractivity (Wildman–Crippen MR) is 49.5 cm³/mol. The van der Waals surface area contributed by atoms with E-state index in [1.807, 2.05) is 25.1 Å². The molecule has 0 N–H and O–H groups in total. The SMILES string of the molecule is CCOc1ccc2ncn[c]c2c1. The number of aromatic nitrogens is 2. The van der Waals surface area contributed by atoms with Crippen molar-refractivity contribution in [1.82, 2.24) is 9.97 Å². The minimum Gasteiger partial charge on any atom is -0.494 e. The van der Waals surface area contributed by atoms with Gasteiger partial charge in [0.1, 0.15) is 18.3 Å². The number of hydrogen-bond acceptors (Lipinski definition) is 3. The van der Waals surface area contributed by atoms with E-state index in [0.29, 0.717) is 6.61 Å². The third-order valence-electron chi connectivity index (χ3n) is 1.72. The number of nitrogens with zero attached hydrogens (tertiary/aromatic N) is 2. The lowest BCUT2D eigenvalue weighted by Crippen LogP contribution is -1.91. The van der Waals surface area contributed by atoms with Gasteiger partial charge in [0, 0.05) is 5.39 Å². The first-order valence-electron chi connectivity index (χ1n) is 4.15. The lowest BCUT2D eigenvalue weighted by Gasteiger charge is -2.02. The second-order valence-corrected chi connectivity index (χ2v) is 2.60. The van der Waals surface area contributed by atoms with Crippen molar-refractivity contribution in [2.45, 2.75) is 6.92 Å². The molecule has 0 unspecified atom stereocenters. The fourth-order valence-electron chi connectivity index (χ4n) is 1.16. The molecule has 0 bridgehead atoms. The van der Waals surface area contributed by atoms with E-state index in [1.165, 1.54) is 6.33 Å². The van der Waals surface area contributed by atoms with E-state index >= 15 is 0 Å².